The van der Waals surface area contributed by atoms with Crippen molar-refractivity contribution in [2.45, 2.75) is 38.6 Å². The summed E-state index contributed by atoms with van der Waals surface area (Å²) in [5.74, 6) is 0.393. The summed E-state index contributed by atoms with van der Waals surface area (Å²) >= 11 is 0. The number of rotatable bonds is 6. The maximum atomic E-state index is 13.0. The summed E-state index contributed by atoms with van der Waals surface area (Å²) in [5, 5.41) is 0. The number of piperazine rings is 1. The van der Waals surface area contributed by atoms with Crippen molar-refractivity contribution in [2.24, 2.45) is 0 Å². The lowest BCUT2D eigenvalue weighted by atomic mass is 9.88. The van der Waals surface area contributed by atoms with Crippen LogP contribution in [0.3, 0.4) is 0 Å². The van der Waals surface area contributed by atoms with Crippen LogP contribution >= 0.6 is 0 Å². The minimum Gasteiger partial charge on any atom is -0.340 e. The smallest absolute Gasteiger partial charge is 0.223 e. The third-order valence-electron chi connectivity index (χ3n) is 5.66. The normalized spacial score (nSPS) is 16.7. The number of hydrogen-bond donors (Lipinski definition) is 0. The van der Waals surface area contributed by atoms with Crippen molar-refractivity contribution in [3.63, 3.8) is 0 Å². The van der Waals surface area contributed by atoms with Crippen LogP contribution in [0.25, 0.3) is 0 Å². The molecule has 1 heterocycles. The molecule has 3 nitrogen and oxygen atoms in total. The molecule has 138 valence electrons. The van der Waals surface area contributed by atoms with E-state index in [1.807, 2.05) is 12.1 Å². The average Bonchev–Trinajstić information content (AvgIpc) is 2.72. The third kappa shape index (κ3) is 4.53. The molecule has 0 saturated carbocycles. The minimum atomic E-state index is 0.123. The number of carbonyl (C=O) groups excluding carboxylic acids is 1. The first-order valence-electron chi connectivity index (χ1n) is 9.80. The maximum Gasteiger partial charge on any atom is 0.223 e. The first-order valence-corrected chi connectivity index (χ1v) is 9.80. The Morgan fingerprint density at radius 3 is 1.85 bits per heavy atom. The maximum absolute atomic E-state index is 13.0. The van der Waals surface area contributed by atoms with Crippen LogP contribution in [-0.4, -0.2) is 47.9 Å². The average molecular weight is 351 g/mol. The zero-order valence-electron chi connectivity index (χ0n) is 16.0. The van der Waals surface area contributed by atoms with Gasteiger partial charge in [-0.25, -0.2) is 0 Å². The molecule has 26 heavy (non-hydrogen) atoms. The van der Waals surface area contributed by atoms with Crippen molar-refractivity contribution < 1.29 is 4.79 Å². The van der Waals surface area contributed by atoms with E-state index in [0.29, 0.717) is 12.5 Å². The van der Waals surface area contributed by atoms with Gasteiger partial charge in [-0.15, -0.1) is 0 Å². The van der Waals surface area contributed by atoms with E-state index in [1.165, 1.54) is 11.1 Å². The number of amides is 1. The molecule has 3 rings (SSSR count). The molecule has 2 aromatic carbocycles. The molecule has 0 N–H and O–H groups in total. The van der Waals surface area contributed by atoms with Crippen molar-refractivity contribution in [3.8, 4) is 0 Å². The Kier molecular flexibility index (Phi) is 6.45. The molecule has 0 radical (unpaired) electrons. The highest BCUT2D eigenvalue weighted by atomic mass is 16.2. The summed E-state index contributed by atoms with van der Waals surface area (Å²) in [6, 6.07) is 21.4. The molecule has 1 saturated heterocycles. The molecule has 1 aliphatic rings. The molecule has 1 unspecified atom stereocenters. The highest BCUT2D eigenvalue weighted by Crippen LogP contribution is 2.28. The molecule has 3 heteroatoms. The van der Waals surface area contributed by atoms with Crippen molar-refractivity contribution in [1.82, 2.24) is 9.80 Å². The van der Waals surface area contributed by atoms with E-state index in [2.05, 4.69) is 72.2 Å². The zero-order valence-corrected chi connectivity index (χ0v) is 16.0. The molecular weight excluding hydrogens is 320 g/mol. The van der Waals surface area contributed by atoms with Crippen LogP contribution in [0.15, 0.2) is 60.7 Å². The van der Waals surface area contributed by atoms with E-state index < -0.39 is 0 Å². The second-order valence-corrected chi connectivity index (χ2v) is 7.25. The van der Waals surface area contributed by atoms with E-state index in [4.69, 9.17) is 0 Å². The SMILES string of the molecule is CCC(C)N1CCN(C(=O)CC(c2ccccc2)c2ccccc2)CC1. The second-order valence-electron chi connectivity index (χ2n) is 7.25. The van der Waals surface area contributed by atoms with Gasteiger partial charge in [0.05, 0.1) is 0 Å². The van der Waals surface area contributed by atoms with Crippen LogP contribution in [0.4, 0.5) is 0 Å². The summed E-state index contributed by atoms with van der Waals surface area (Å²) < 4.78 is 0. The van der Waals surface area contributed by atoms with Gasteiger partial charge in [0.15, 0.2) is 0 Å². The Hall–Kier alpha value is -2.13. The molecule has 0 spiro atoms. The molecule has 1 atom stereocenters. The fourth-order valence-corrected chi connectivity index (χ4v) is 3.77. The Morgan fingerprint density at radius 1 is 0.885 bits per heavy atom. The van der Waals surface area contributed by atoms with Gasteiger partial charge in [0.25, 0.3) is 0 Å². The molecule has 1 fully saturated rings. The van der Waals surface area contributed by atoms with Gasteiger partial charge in [0.2, 0.25) is 5.91 Å². The van der Waals surface area contributed by atoms with Gasteiger partial charge in [-0.05, 0) is 24.5 Å². The Labute approximate surface area is 157 Å². The lowest BCUT2D eigenvalue weighted by Crippen LogP contribution is -2.51. The van der Waals surface area contributed by atoms with Gasteiger partial charge < -0.3 is 4.90 Å². The van der Waals surface area contributed by atoms with Gasteiger partial charge in [0, 0.05) is 44.6 Å². The molecule has 0 aliphatic carbocycles. The first kappa shape index (κ1) is 18.7. The summed E-state index contributed by atoms with van der Waals surface area (Å²) in [6.45, 7) is 8.17. The summed E-state index contributed by atoms with van der Waals surface area (Å²) in [7, 11) is 0. The van der Waals surface area contributed by atoms with Gasteiger partial charge >= 0.3 is 0 Å². The molecule has 1 amide bonds. The van der Waals surface area contributed by atoms with E-state index in [1.54, 1.807) is 0 Å². The van der Waals surface area contributed by atoms with Crippen molar-refractivity contribution in [1.29, 1.82) is 0 Å². The van der Waals surface area contributed by atoms with Crippen LogP contribution in [-0.2, 0) is 4.79 Å². The number of carbonyl (C=O) groups is 1. The van der Waals surface area contributed by atoms with Gasteiger partial charge in [-0.2, -0.15) is 0 Å². The van der Waals surface area contributed by atoms with Crippen molar-refractivity contribution in [3.05, 3.63) is 71.8 Å². The second kappa shape index (κ2) is 9.00. The molecule has 0 bridgehead atoms. The lowest BCUT2D eigenvalue weighted by molar-refractivity contribution is -0.133. The molecular formula is C23H30N2O. The van der Waals surface area contributed by atoms with E-state index >= 15 is 0 Å². The number of nitrogens with zero attached hydrogens (tertiary/aromatic N) is 2. The zero-order chi connectivity index (χ0) is 18.4. The number of benzene rings is 2. The fourth-order valence-electron chi connectivity index (χ4n) is 3.77. The van der Waals surface area contributed by atoms with Gasteiger partial charge in [-0.3, -0.25) is 9.69 Å². The van der Waals surface area contributed by atoms with Gasteiger partial charge in [-0.1, -0.05) is 67.6 Å². The fraction of sp³-hybridized carbons (Fsp3) is 0.435. The Morgan fingerprint density at radius 2 is 1.38 bits per heavy atom. The van der Waals surface area contributed by atoms with E-state index in [9.17, 15) is 4.79 Å². The molecule has 1 aliphatic heterocycles. The topological polar surface area (TPSA) is 23.6 Å². The standard InChI is InChI=1S/C23H30N2O/c1-3-19(2)24-14-16-25(17-15-24)23(26)18-22(20-10-6-4-7-11-20)21-12-8-5-9-13-21/h4-13,19,22H,3,14-18H2,1-2H3. The van der Waals surface area contributed by atoms with Crippen LogP contribution in [0.5, 0.6) is 0 Å². The predicted octanol–water partition coefficient (Wildman–Crippen LogP) is 4.15. The molecule has 2 aromatic rings. The van der Waals surface area contributed by atoms with Crippen molar-refractivity contribution >= 4 is 5.91 Å². The minimum absolute atomic E-state index is 0.123. The van der Waals surface area contributed by atoms with Crippen LogP contribution in [0, 0.1) is 0 Å². The number of hydrogen-bond acceptors (Lipinski definition) is 2. The van der Waals surface area contributed by atoms with Crippen molar-refractivity contribution in [2.75, 3.05) is 26.2 Å². The molecule has 0 aromatic heterocycles. The Bertz CT molecular complexity index is 638. The largest absolute Gasteiger partial charge is 0.340 e. The lowest BCUT2D eigenvalue weighted by Gasteiger charge is -2.38. The summed E-state index contributed by atoms with van der Waals surface area (Å²) in [5.41, 5.74) is 2.43. The third-order valence-corrected chi connectivity index (χ3v) is 5.66. The Balaban J connectivity index is 1.69. The first-order chi connectivity index (χ1) is 12.7. The highest BCUT2D eigenvalue weighted by Gasteiger charge is 2.26. The quantitative estimate of drug-likeness (QED) is 0.781. The van der Waals surface area contributed by atoms with Crippen LogP contribution in [0.1, 0.15) is 43.7 Å². The summed E-state index contributed by atoms with van der Waals surface area (Å²) in [6.07, 6.45) is 1.70. The van der Waals surface area contributed by atoms with E-state index in [0.717, 1.165) is 32.6 Å². The predicted molar refractivity (Wildman–Crippen MR) is 107 cm³/mol. The monoisotopic (exact) mass is 350 g/mol. The van der Waals surface area contributed by atoms with Gasteiger partial charge in [0.1, 0.15) is 0 Å². The van der Waals surface area contributed by atoms with E-state index in [-0.39, 0.29) is 11.8 Å². The summed E-state index contributed by atoms with van der Waals surface area (Å²) in [4.78, 5) is 17.6. The van der Waals surface area contributed by atoms with Crippen LogP contribution < -0.4 is 0 Å². The van der Waals surface area contributed by atoms with Crippen LogP contribution in [0.2, 0.25) is 0 Å². The highest BCUT2D eigenvalue weighted by molar-refractivity contribution is 5.78.